The lowest BCUT2D eigenvalue weighted by Gasteiger charge is -2.14. The van der Waals surface area contributed by atoms with Crippen LogP contribution < -0.4 is 10.1 Å². The van der Waals surface area contributed by atoms with Gasteiger partial charge >= 0.3 is 0 Å². The highest BCUT2D eigenvalue weighted by Crippen LogP contribution is 2.20. The summed E-state index contributed by atoms with van der Waals surface area (Å²) in [5, 5.41) is 3.45. The largest absolute Gasteiger partial charge is 0.489 e. The molecule has 0 aliphatic carbocycles. The molecule has 0 bridgehead atoms. The van der Waals surface area contributed by atoms with Gasteiger partial charge in [0.1, 0.15) is 23.9 Å². The van der Waals surface area contributed by atoms with Gasteiger partial charge in [0.2, 0.25) is 0 Å². The van der Waals surface area contributed by atoms with Gasteiger partial charge in [-0.05, 0) is 32.0 Å². The van der Waals surface area contributed by atoms with Crippen molar-refractivity contribution in [2.24, 2.45) is 0 Å². The number of furan rings is 1. The smallest absolute Gasteiger partial charge is 0.124 e. The van der Waals surface area contributed by atoms with Gasteiger partial charge < -0.3 is 14.5 Å². The van der Waals surface area contributed by atoms with E-state index in [1.54, 1.807) is 6.08 Å². The molecule has 0 aliphatic rings. The standard InChI is InChI=1S/C17H21NO2/c1-4-11-19-17-8-6-5-7-15(17)12-18-14(3)16-10-9-13(2)20-16/h4-10,14,18H,1,11-12H2,2-3H3. The van der Waals surface area contributed by atoms with E-state index in [1.165, 1.54) is 0 Å². The first-order chi connectivity index (χ1) is 9.70. The van der Waals surface area contributed by atoms with E-state index < -0.39 is 0 Å². The maximum atomic E-state index is 5.65. The highest BCUT2D eigenvalue weighted by molar-refractivity contribution is 5.33. The fourth-order valence-electron chi connectivity index (χ4n) is 1.99. The Hall–Kier alpha value is -2.00. The molecule has 0 aliphatic heterocycles. The Morgan fingerprint density at radius 2 is 2.10 bits per heavy atom. The van der Waals surface area contributed by atoms with E-state index >= 15 is 0 Å². The van der Waals surface area contributed by atoms with Crippen LogP contribution in [0.3, 0.4) is 0 Å². The van der Waals surface area contributed by atoms with Gasteiger partial charge in [0.25, 0.3) is 0 Å². The normalized spacial score (nSPS) is 12.1. The molecular formula is C17H21NO2. The molecule has 1 N–H and O–H groups in total. The van der Waals surface area contributed by atoms with Crippen LogP contribution in [0.4, 0.5) is 0 Å². The number of nitrogens with one attached hydrogen (secondary N) is 1. The molecule has 0 radical (unpaired) electrons. The molecule has 0 saturated carbocycles. The Morgan fingerprint density at radius 1 is 1.30 bits per heavy atom. The van der Waals surface area contributed by atoms with Gasteiger partial charge in [0.05, 0.1) is 6.04 Å². The van der Waals surface area contributed by atoms with Crippen LogP contribution in [0.5, 0.6) is 5.75 Å². The number of rotatable bonds is 7. The minimum Gasteiger partial charge on any atom is -0.489 e. The minimum absolute atomic E-state index is 0.163. The van der Waals surface area contributed by atoms with Crippen LogP contribution in [-0.2, 0) is 6.54 Å². The van der Waals surface area contributed by atoms with Crippen LogP contribution in [0.25, 0.3) is 0 Å². The third-order valence-corrected chi connectivity index (χ3v) is 3.12. The fourth-order valence-corrected chi connectivity index (χ4v) is 1.99. The molecule has 2 rings (SSSR count). The third-order valence-electron chi connectivity index (χ3n) is 3.12. The summed E-state index contributed by atoms with van der Waals surface area (Å²) in [7, 11) is 0. The second-order valence-electron chi connectivity index (χ2n) is 4.76. The summed E-state index contributed by atoms with van der Waals surface area (Å²) in [5.41, 5.74) is 1.13. The monoisotopic (exact) mass is 271 g/mol. The molecule has 1 aromatic heterocycles. The molecule has 1 aromatic carbocycles. The molecule has 1 atom stereocenters. The number of hydrogen-bond acceptors (Lipinski definition) is 3. The van der Waals surface area contributed by atoms with Gasteiger partial charge in [0, 0.05) is 12.1 Å². The fraction of sp³-hybridized carbons (Fsp3) is 0.294. The van der Waals surface area contributed by atoms with Crippen molar-refractivity contribution in [3.8, 4) is 5.75 Å². The molecule has 0 saturated heterocycles. The second kappa shape index (κ2) is 6.96. The van der Waals surface area contributed by atoms with Gasteiger partial charge in [-0.25, -0.2) is 0 Å². The lowest BCUT2D eigenvalue weighted by Crippen LogP contribution is -2.18. The van der Waals surface area contributed by atoms with E-state index in [4.69, 9.17) is 9.15 Å². The van der Waals surface area contributed by atoms with Crippen molar-refractivity contribution in [2.75, 3.05) is 6.61 Å². The second-order valence-corrected chi connectivity index (χ2v) is 4.76. The molecule has 1 heterocycles. The highest BCUT2D eigenvalue weighted by Gasteiger charge is 2.10. The Labute approximate surface area is 120 Å². The molecule has 0 fully saturated rings. The van der Waals surface area contributed by atoms with Crippen LogP contribution in [0.2, 0.25) is 0 Å². The summed E-state index contributed by atoms with van der Waals surface area (Å²) < 4.78 is 11.3. The SMILES string of the molecule is C=CCOc1ccccc1CNC(C)c1ccc(C)o1. The van der Waals surface area contributed by atoms with Crippen molar-refractivity contribution in [2.45, 2.75) is 26.4 Å². The number of aryl methyl sites for hydroxylation is 1. The van der Waals surface area contributed by atoms with Crippen LogP contribution >= 0.6 is 0 Å². The van der Waals surface area contributed by atoms with Gasteiger partial charge in [-0.15, -0.1) is 0 Å². The lowest BCUT2D eigenvalue weighted by molar-refractivity contribution is 0.355. The molecule has 3 heteroatoms. The van der Waals surface area contributed by atoms with Crippen LogP contribution in [0.1, 0.15) is 30.0 Å². The molecule has 0 spiro atoms. The van der Waals surface area contributed by atoms with Crippen molar-refractivity contribution in [3.63, 3.8) is 0 Å². The summed E-state index contributed by atoms with van der Waals surface area (Å²) in [6.45, 7) is 8.96. The predicted molar refractivity (Wildman–Crippen MR) is 80.8 cm³/mol. The molecule has 0 amide bonds. The van der Waals surface area contributed by atoms with Crippen LogP contribution in [-0.4, -0.2) is 6.61 Å². The molecule has 20 heavy (non-hydrogen) atoms. The maximum absolute atomic E-state index is 5.65. The zero-order valence-corrected chi connectivity index (χ0v) is 12.1. The van der Waals surface area contributed by atoms with E-state index in [2.05, 4.69) is 24.9 Å². The molecule has 1 unspecified atom stereocenters. The minimum atomic E-state index is 0.163. The highest BCUT2D eigenvalue weighted by atomic mass is 16.5. The quantitative estimate of drug-likeness (QED) is 0.773. The Balaban J connectivity index is 1.98. The number of ether oxygens (including phenoxy) is 1. The summed E-state index contributed by atoms with van der Waals surface area (Å²) >= 11 is 0. The van der Waals surface area contributed by atoms with Crippen LogP contribution in [0.15, 0.2) is 53.5 Å². The van der Waals surface area contributed by atoms with E-state index in [9.17, 15) is 0 Å². The van der Waals surface area contributed by atoms with E-state index in [0.717, 1.165) is 29.4 Å². The van der Waals surface area contributed by atoms with Gasteiger partial charge in [-0.1, -0.05) is 30.9 Å². The Kier molecular flexibility index (Phi) is 5.02. The lowest BCUT2D eigenvalue weighted by atomic mass is 10.1. The zero-order valence-electron chi connectivity index (χ0n) is 12.1. The third kappa shape index (κ3) is 3.75. The first-order valence-corrected chi connectivity index (χ1v) is 6.82. The number of benzene rings is 1. The average molecular weight is 271 g/mol. The van der Waals surface area contributed by atoms with Gasteiger partial charge in [0.15, 0.2) is 0 Å². The maximum Gasteiger partial charge on any atom is 0.124 e. The van der Waals surface area contributed by atoms with Crippen LogP contribution in [0, 0.1) is 6.92 Å². The average Bonchev–Trinajstić information content (AvgIpc) is 2.90. The van der Waals surface area contributed by atoms with Crippen molar-refractivity contribution >= 4 is 0 Å². The number of hydrogen-bond donors (Lipinski definition) is 1. The Morgan fingerprint density at radius 3 is 2.80 bits per heavy atom. The topological polar surface area (TPSA) is 34.4 Å². The zero-order chi connectivity index (χ0) is 14.4. The van der Waals surface area contributed by atoms with E-state index in [0.29, 0.717) is 6.61 Å². The Bertz CT molecular complexity index is 560. The van der Waals surface area contributed by atoms with Crippen molar-refractivity contribution in [1.82, 2.24) is 5.32 Å². The van der Waals surface area contributed by atoms with Gasteiger partial charge in [-0.3, -0.25) is 0 Å². The van der Waals surface area contributed by atoms with E-state index in [1.807, 2.05) is 37.3 Å². The first kappa shape index (κ1) is 14.4. The summed E-state index contributed by atoms with van der Waals surface area (Å²) in [6.07, 6.45) is 1.75. The summed E-state index contributed by atoms with van der Waals surface area (Å²) in [6, 6.07) is 12.2. The van der Waals surface area contributed by atoms with E-state index in [-0.39, 0.29) is 6.04 Å². The first-order valence-electron chi connectivity index (χ1n) is 6.82. The molecular weight excluding hydrogens is 250 g/mol. The van der Waals surface area contributed by atoms with Crippen molar-refractivity contribution in [1.29, 1.82) is 0 Å². The van der Waals surface area contributed by atoms with Crippen molar-refractivity contribution < 1.29 is 9.15 Å². The number of para-hydroxylation sites is 1. The summed E-state index contributed by atoms with van der Waals surface area (Å²) in [4.78, 5) is 0. The predicted octanol–water partition coefficient (Wildman–Crippen LogP) is 4.00. The van der Waals surface area contributed by atoms with Gasteiger partial charge in [-0.2, -0.15) is 0 Å². The molecule has 106 valence electrons. The molecule has 2 aromatic rings. The van der Waals surface area contributed by atoms with Crippen molar-refractivity contribution in [3.05, 3.63) is 66.1 Å². The molecule has 3 nitrogen and oxygen atoms in total. The summed E-state index contributed by atoms with van der Waals surface area (Å²) in [5.74, 6) is 2.78.